The third kappa shape index (κ3) is 5.48. The van der Waals surface area contributed by atoms with Crippen molar-refractivity contribution >= 4 is 27.7 Å². The van der Waals surface area contributed by atoms with Crippen molar-refractivity contribution in [3.05, 3.63) is 23.9 Å². The number of aromatic nitrogens is 1. The maximum Gasteiger partial charge on any atom is 0.354 e. The largest absolute Gasteiger partial charge is 0.477 e. The molecule has 1 aromatic rings. The number of pyridine rings is 1. The molecule has 1 unspecified atom stereocenters. The molecule has 1 heterocycles. The summed E-state index contributed by atoms with van der Waals surface area (Å²) in [5.74, 6) is -1.87. The summed E-state index contributed by atoms with van der Waals surface area (Å²) >= 11 is 0. The van der Waals surface area contributed by atoms with E-state index in [1.54, 1.807) is 6.92 Å². The number of carboxylic acids is 1. The zero-order valence-corrected chi connectivity index (χ0v) is 12.5. The Bertz CT molecular complexity index is 630. The highest BCUT2D eigenvalue weighted by Gasteiger charge is 2.20. The molecular weight excluding hydrogens is 298 g/mol. The second-order valence-corrected chi connectivity index (χ2v) is 6.23. The third-order valence-electron chi connectivity index (χ3n) is 2.44. The lowest BCUT2D eigenvalue weighted by Crippen LogP contribution is -2.42. The predicted molar refractivity (Wildman–Crippen MR) is 76.5 cm³/mol. The Labute approximate surface area is 122 Å². The maximum absolute atomic E-state index is 11.9. The van der Waals surface area contributed by atoms with E-state index in [1.165, 1.54) is 25.1 Å². The smallest absolute Gasteiger partial charge is 0.354 e. The van der Waals surface area contributed by atoms with Gasteiger partial charge in [-0.15, -0.1) is 0 Å². The second kappa shape index (κ2) is 7.14. The van der Waals surface area contributed by atoms with E-state index in [9.17, 15) is 18.0 Å². The number of hydrogen-bond acceptors (Lipinski definition) is 5. The molecule has 0 aliphatic carbocycles. The molecule has 0 aliphatic heterocycles. The normalized spacial score (nSPS) is 12.7. The van der Waals surface area contributed by atoms with Crippen molar-refractivity contribution in [1.82, 2.24) is 9.71 Å². The van der Waals surface area contributed by atoms with Gasteiger partial charge < -0.3 is 10.4 Å². The predicted octanol–water partition coefficient (Wildman–Crippen LogP) is 0.436. The Morgan fingerprint density at radius 3 is 2.62 bits per heavy atom. The summed E-state index contributed by atoms with van der Waals surface area (Å²) in [5.41, 5.74) is -0.216. The molecule has 0 aliphatic rings. The van der Waals surface area contributed by atoms with Gasteiger partial charge in [-0.2, -0.15) is 0 Å². The number of nitrogens with one attached hydrogen (secondary N) is 2. The first-order valence-electron chi connectivity index (χ1n) is 6.26. The van der Waals surface area contributed by atoms with Crippen molar-refractivity contribution in [2.45, 2.75) is 26.3 Å². The zero-order chi connectivity index (χ0) is 16.0. The number of sulfonamides is 1. The number of nitrogens with zero attached hydrogens (tertiary/aromatic N) is 1. The molecule has 1 aromatic heterocycles. The van der Waals surface area contributed by atoms with Crippen LogP contribution in [0, 0.1) is 0 Å². The first-order chi connectivity index (χ1) is 9.75. The van der Waals surface area contributed by atoms with Crippen LogP contribution in [0.25, 0.3) is 0 Å². The highest BCUT2D eigenvalue weighted by molar-refractivity contribution is 7.89. The molecule has 0 saturated heterocycles. The number of amides is 1. The topological polar surface area (TPSA) is 125 Å². The molecule has 1 amide bonds. The minimum Gasteiger partial charge on any atom is -0.477 e. The number of carbonyl (C=O) groups excluding carboxylic acids is 1. The molecular formula is C12H17N3O5S. The van der Waals surface area contributed by atoms with Crippen molar-refractivity contribution in [1.29, 1.82) is 0 Å². The highest BCUT2D eigenvalue weighted by Crippen LogP contribution is 2.06. The highest BCUT2D eigenvalue weighted by atomic mass is 32.2. The van der Waals surface area contributed by atoms with Crippen molar-refractivity contribution in [3.63, 3.8) is 0 Å². The first kappa shape index (κ1) is 17.1. The van der Waals surface area contributed by atoms with Crippen molar-refractivity contribution in [2.24, 2.45) is 0 Å². The van der Waals surface area contributed by atoms with Gasteiger partial charge in [-0.25, -0.2) is 22.9 Å². The Morgan fingerprint density at radius 1 is 1.38 bits per heavy atom. The molecule has 1 rings (SSSR count). The van der Waals surface area contributed by atoms with Gasteiger partial charge in [-0.3, -0.25) is 4.79 Å². The molecule has 1 atom stereocenters. The van der Waals surface area contributed by atoms with Gasteiger partial charge in [-0.05, 0) is 25.5 Å². The summed E-state index contributed by atoms with van der Waals surface area (Å²) in [4.78, 5) is 26.3. The van der Waals surface area contributed by atoms with Crippen LogP contribution in [-0.2, 0) is 14.8 Å². The van der Waals surface area contributed by atoms with Gasteiger partial charge in [0.1, 0.15) is 5.82 Å². The number of carboxylic acid groups (broad SMARTS) is 1. The molecule has 0 radical (unpaired) electrons. The molecule has 0 spiro atoms. The van der Waals surface area contributed by atoms with E-state index in [0.717, 1.165) is 0 Å². The monoisotopic (exact) mass is 315 g/mol. The van der Waals surface area contributed by atoms with Crippen LogP contribution < -0.4 is 10.0 Å². The Hall–Kier alpha value is -2.00. The van der Waals surface area contributed by atoms with Crippen LogP contribution in [-0.4, -0.2) is 42.2 Å². The quantitative estimate of drug-likeness (QED) is 0.670. The second-order valence-electron chi connectivity index (χ2n) is 4.36. The van der Waals surface area contributed by atoms with Crippen molar-refractivity contribution in [3.8, 4) is 0 Å². The van der Waals surface area contributed by atoms with Gasteiger partial charge in [0, 0.05) is 0 Å². The lowest BCUT2D eigenvalue weighted by molar-refractivity contribution is -0.117. The van der Waals surface area contributed by atoms with E-state index >= 15 is 0 Å². The average molecular weight is 315 g/mol. The summed E-state index contributed by atoms with van der Waals surface area (Å²) in [6, 6.07) is 3.14. The van der Waals surface area contributed by atoms with Crippen LogP contribution >= 0.6 is 0 Å². The van der Waals surface area contributed by atoms with E-state index in [4.69, 9.17) is 5.11 Å². The lowest BCUT2D eigenvalue weighted by atomic mass is 10.3. The van der Waals surface area contributed by atoms with E-state index < -0.39 is 27.9 Å². The van der Waals surface area contributed by atoms with Crippen LogP contribution in [0.5, 0.6) is 0 Å². The standard InChI is InChI=1S/C12H17N3O5S/c1-3-7-21(19,20)15-8(2)11(16)14-10-6-4-5-9(13-10)12(17)18/h4-6,8,15H,3,7H2,1-2H3,(H,17,18)(H,13,14,16). The van der Waals surface area contributed by atoms with Gasteiger partial charge in [0.2, 0.25) is 15.9 Å². The summed E-state index contributed by atoms with van der Waals surface area (Å²) < 4.78 is 25.3. The van der Waals surface area contributed by atoms with E-state index in [2.05, 4.69) is 15.0 Å². The number of anilines is 1. The Balaban J connectivity index is 2.72. The molecule has 3 N–H and O–H groups in total. The molecule has 21 heavy (non-hydrogen) atoms. The first-order valence-corrected chi connectivity index (χ1v) is 7.91. The van der Waals surface area contributed by atoms with Crippen molar-refractivity contribution < 1.29 is 23.1 Å². The molecule has 116 valence electrons. The molecule has 0 fully saturated rings. The maximum atomic E-state index is 11.9. The van der Waals surface area contributed by atoms with Gasteiger partial charge >= 0.3 is 5.97 Å². The fraction of sp³-hybridized carbons (Fsp3) is 0.417. The summed E-state index contributed by atoms with van der Waals surface area (Å²) in [5, 5.41) is 11.2. The number of rotatable bonds is 7. The fourth-order valence-corrected chi connectivity index (χ4v) is 2.81. The fourth-order valence-electron chi connectivity index (χ4n) is 1.51. The van der Waals surface area contributed by atoms with Gasteiger partial charge in [0.15, 0.2) is 5.69 Å². The molecule has 9 heteroatoms. The minimum atomic E-state index is -3.52. The Kier molecular flexibility index (Phi) is 5.79. The average Bonchev–Trinajstić information content (AvgIpc) is 2.38. The van der Waals surface area contributed by atoms with Crippen LogP contribution in [0.1, 0.15) is 30.8 Å². The summed E-state index contributed by atoms with van der Waals surface area (Å²) in [7, 11) is -3.52. The van der Waals surface area contributed by atoms with Crippen LogP contribution in [0.2, 0.25) is 0 Å². The van der Waals surface area contributed by atoms with Gasteiger partial charge in [-0.1, -0.05) is 13.0 Å². The van der Waals surface area contributed by atoms with Crippen LogP contribution in [0.3, 0.4) is 0 Å². The molecule has 0 aromatic carbocycles. The summed E-state index contributed by atoms with van der Waals surface area (Å²) in [6.45, 7) is 3.11. The number of carbonyl (C=O) groups is 2. The van der Waals surface area contributed by atoms with Crippen LogP contribution in [0.15, 0.2) is 18.2 Å². The summed E-state index contributed by atoms with van der Waals surface area (Å²) in [6.07, 6.45) is 0.436. The van der Waals surface area contributed by atoms with Gasteiger partial charge in [0.25, 0.3) is 0 Å². The number of hydrogen-bond donors (Lipinski definition) is 3. The minimum absolute atomic E-state index is 0.0430. The number of aromatic carboxylic acids is 1. The van der Waals surface area contributed by atoms with E-state index in [0.29, 0.717) is 6.42 Å². The SMILES string of the molecule is CCCS(=O)(=O)NC(C)C(=O)Nc1cccc(C(=O)O)n1. The van der Waals surface area contributed by atoms with E-state index in [-0.39, 0.29) is 17.3 Å². The molecule has 8 nitrogen and oxygen atoms in total. The van der Waals surface area contributed by atoms with Crippen LogP contribution in [0.4, 0.5) is 5.82 Å². The third-order valence-corrected chi connectivity index (χ3v) is 4.10. The molecule has 0 bridgehead atoms. The van der Waals surface area contributed by atoms with E-state index in [1.807, 2.05) is 0 Å². The van der Waals surface area contributed by atoms with Gasteiger partial charge in [0.05, 0.1) is 11.8 Å². The lowest BCUT2D eigenvalue weighted by Gasteiger charge is -2.13. The zero-order valence-electron chi connectivity index (χ0n) is 11.7. The molecule has 0 saturated carbocycles. The van der Waals surface area contributed by atoms with Crippen molar-refractivity contribution in [2.75, 3.05) is 11.1 Å². The Morgan fingerprint density at radius 2 is 2.05 bits per heavy atom.